The minimum absolute atomic E-state index is 0.173. The Morgan fingerprint density at radius 2 is 1.60 bits per heavy atom. The second kappa shape index (κ2) is 9.06. The Kier molecular flexibility index (Phi) is 5.79. The smallest absolute Gasteiger partial charge is 0.256 e. The minimum atomic E-state index is -0.173. The Morgan fingerprint density at radius 3 is 2.31 bits per heavy atom. The average Bonchev–Trinajstić information content (AvgIpc) is 3.26. The van der Waals surface area contributed by atoms with E-state index in [0.717, 1.165) is 50.4 Å². The molecule has 0 saturated carbocycles. The van der Waals surface area contributed by atoms with E-state index in [1.165, 1.54) is 0 Å². The second-order valence-corrected chi connectivity index (χ2v) is 8.65. The number of ether oxygens (including phenoxy) is 1. The number of hydrogen-bond donors (Lipinski definition) is 1. The number of fused-ring (bicyclic) bond motifs is 1. The van der Waals surface area contributed by atoms with Crippen LogP contribution in [0.3, 0.4) is 0 Å². The fourth-order valence-electron chi connectivity index (χ4n) is 4.15. The molecule has 5 rings (SSSR count). The van der Waals surface area contributed by atoms with Gasteiger partial charge in [-0.05, 0) is 75.4 Å². The largest absolute Gasteiger partial charge is 0.497 e. The Balaban J connectivity index is 1.58. The SMILES string of the molecule is COc1ccc(-n2ncc(-c3cc(C(=O)Nc4ccc(C)cc4)c4cc(C)ccc4n3)c2C)cc1. The topological polar surface area (TPSA) is 69.0 Å². The number of rotatable bonds is 5. The molecule has 0 atom stereocenters. The second-order valence-electron chi connectivity index (χ2n) is 8.65. The van der Waals surface area contributed by atoms with Crippen LogP contribution < -0.4 is 10.1 Å². The van der Waals surface area contributed by atoms with E-state index in [2.05, 4.69) is 10.4 Å². The van der Waals surface area contributed by atoms with E-state index < -0.39 is 0 Å². The number of nitrogens with one attached hydrogen (secondary N) is 1. The first-order valence-electron chi connectivity index (χ1n) is 11.4. The van der Waals surface area contributed by atoms with Crippen molar-refractivity contribution in [1.82, 2.24) is 14.8 Å². The van der Waals surface area contributed by atoms with Gasteiger partial charge in [-0.2, -0.15) is 5.10 Å². The molecule has 35 heavy (non-hydrogen) atoms. The van der Waals surface area contributed by atoms with Crippen LogP contribution >= 0.6 is 0 Å². The monoisotopic (exact) mass is 462 g/mol. The predicted octanol–water partition coefficient (Wildman–Crippen LogP) is 6.27. The van der Waals surface area contributed by atoms with Crippen LogP contribution in [0, 0.1) is 20.8 Å². The maximum absolute atomic E-state index is 13.4. The van der Waals surface area contributed by atoms with Crippen LogP contribution in [0.5, 0.6) is 5.75 Å². The summed E-state index contributed by atoms with van der Waals surface area (Å²) < 4.78 is 7.13. The molecule has 5 aromatic rings. The molecule has 0 radical (unpaired) electrons. The highest BCUT2D eigenvalue weighted by Crippen LogP contribution is 2.29. The number of hydrogen-bond acceptors (Lipinski definition) is 4. The van der Waals surface area contributed by atoms with Crippen molar-refractivity contribution in [3.63, 3.8) is 0 Å². The first-order valence-corrected chi connectivity index (χ1v) is 11.4. The highest BCUT2D eigenvalue weighted by Gasteiger charge is 2.18. The third kappa shape index (κ3) is 4.38. The first-order chi connectivity index (χ1) is 16.9. The van der Waals surface area contributed by atoms with Crippen LogP contribution in [0.4, 0.5) is 5.69 Å². The van der Waals surface area contributed by atoms with Gasteiger partial charge >= 0.3 is 0 Å². The molecular weight excluding hydrogens is 436 g/mol. The summed E-state index contributed by atoms with van der Waals surface area (Å²) in [6.45, 7) is 6.03. The quantitative estimate of drug-likeness (QED) is 0.334. The van der Waals surface area contributed by atoms with Gasteiger partial charge in [-0.15, -0.1) is 0 Å². The van der Waals surface area contributed by atoms with E-state index in [1.54, 1.807) is 13.3 Å². The molecule has 0 spiro atoms. The summed E-state index contributed by atoms with van der Waals surface area (Å²) in [5.41, 5.74) is 7.72. The summed E-state index contributed by atoms with van der Waals surface area (Å²) in [6.07, 6.45) is 1.80. The summed E-state index contributed by atoms with van der Waals surface area (Å²) >= 11 is 0. The number of methoxy groups -OCH3 is 1. The number of carbonyl (C=O) groups is 1. The number of anilines is 1. The average molecular weight is 463 g/mol. The molecule has 0 fully saturated rings. The van der Waals surface area contributed by atoms with E-state index in [9.17, 15) is 4.79 Å². The lowest BCUT2D eigenvalue weighted by atomic mass is 10.0. The van der Waals surface area contributed by atoms with Crippen LogP contribution in [0.2, 0.25) is 0 Å². The van der Waals surface area contributed by atoms with Gasteiger partial charge in [0.15, 0.2) is 0 Å². The van der Waals surface area contributed by atoms with Crippen molar-refractivity contribution < 1.29 is 9.53 Å². The number of amides is 1. The molecule has 2 heterocycles. The summed E-state index contributed by atoms with van der Waals surface area (Å²) in [5.74, 6) is 0.614. The molecule has 0 aliphatic rings. The maximum atomic E-state index is 13.4. The number of benzene rings is 3. The fraction of sp³-hybridized carbons (Fsp3) is 0.138. The number of carbonyl (C=O) groups excluding carboxylic acids is 1. The molecule has 6 nitrogen and oxygen atoms in total. The highest BCUT2D eigenvalue weighted by molar-refractivity contribution is 6.13. The molecule has 174 valence electrons. The van der Waals surface area contributed by atoms with E-state index in [-0.39, 0.29) is 5.91 Å². The summed E-state index contributed by atoms with van der Waals surface area (Å²) in [7, 11) is 1.64. The molecule has 6 heteroatoms. The van der Waals surface area contributed by atoms with Gasteiger partial charge in [0.25, 0.3) is 5.91 Å². The van der Waals surface area contributed by atoms with Crippen molar-refractivity contribution >= 4 is 22.5 Å². The summed E-state index contributed by atoms with van der Waals surface area (Å²) in [5, 5.41) is 8.45. The van der Waals surface area contributed by atoms with Gasteiger partial charge in [-0.3, -0.25) is 4.79 Å². The van der Waals surface area contributed by atoms with E-state index in [1.807, 2.05) is 98.2 Å². The molecule has 0 aliphatic heterocycles. The molecule has 0 bridgehead atoms. The van der Waals surface area contributed by atoms with Crippen molar-refractivity contribution in [3.8, 4) is 22.7 Å². The fourth-order valence-corrected chi connectivity index (χ4v) is 4.15. The number of aryl methyl sites for hydroxylation is 2. The predicted molar refractivity (Wildman–Crippen MR) is 139 cm³/mol. The van der Waals surface area contributed by atoms with Crippen LogP contribution in [0.25, 0.3) is 27.8 Å². The van der Waals surface area contributed by atoms with Gasteiger partial charge < -0.3 is 10.1 Å². The first kappa shape index (κ1) is 22.3. The molecule has 0 aliphatic carbocycles. The van der Waals surface area contributed by atoms with E-state index in [4.69, 9.17) is 9.72 Å². The van der Waals surface area contributed by atoms with Crippen molar-refractivity contribution in [3.05, 3.63) is 101 Å². The number of aromatic nitrogens is 3. The third-order valence-electron chi connectivity index (χ3n) is 6.12. The Bertz CT molecular complexity index is 1530. The lowest BCUT2D eigenvalue weighted by molar-refractivity contribution is 0.102. The van der Waals surface area contributed by atoms with Gasteiger partial charge in [0.1, 0.15) is 5.75 Å². The third-order valence-corrected chi connectivity index (χ3v) is 6.12. The highest BCUT2D eigenvalue weighted by atomic mass is 16.5. The van der Waals surface area contributed by atoms with Crippen molar-refractivity contribution in [2.45, 2.75) is 20.8 Å². The van der Waals surface area contributed by atoms with E-state index >= 15 is 0 Å². The van der Waals surface area contributed by atoms with Gasteiger partial charge in [0.2, 0.25) is 0 Å². The Hall–Kier alpha value is -4.45. The van der Waals surface area contributed by atoms with Crippen molar-refractivity contribution in [2.24, 2.45) is 0 Å². The lowest BCUT2D eigenvalue weighted by Crippen LogP contribution is -2.13. The zero-order chi connectivity index (χ0) is 24.5. The number of nitrogens with zero attached hydrogens (tertiary/aromatic N) is 3. The summed E-state index contributed by atoms with van der Waals surface area (Å²) in [6, 6.07) is 23.3. The lowest BCUT2D eigenvalue weighted by Gasteiger charge is -2.12. The van der Waals surface area contributed by atoms with Crippen molar-refractivity contribution in [1.29, 1.82) is 0 Å². The van der Waals surface area contributed by atoms with Gasteiger partial charge in [0.05, 0.1) is 41.5 Å². The zero-order valence-electron chi connectivity index (χ0n) is 20.2. The normalized spacial score (nSPS) is 11.0. The molecule has 0 unspecified atom stereocenters. The van der Waals surface area contributed by atoms with Crippen LogP contribution in [0.15, 0.2) is 79.0 Å². The van der Waals surface area contributed by atoms with Gasteiger partial charge in [0, 0.05) is 16.6 Å². The standard InChI is InChI=1S/C29H26N4O2/c1-18-5-8-21(9-6-18)31-29(34)25-16-28(32-27-14-7-19(2)15-24(25)27)26-17-30-33(20(26)3)22-10-12-23(35-4)13-11-22/h5-17H,1-4H3,(H,31,34). The summed E-state index contributed by atoms with van der Waals surface area (Å²) in [4.78, 5) is 18.3. The van der Waals surface area contributed by atoms with Crippen LogP contribution in [-0.2, 0) is 0 Å². The van der Waals surface area contributed by atoms with Crippen molar-refractivity contribution in [2.75, 3.05) is 12.4 Å². The minimum Gasteiger partial charge on any atom is -0.497 e. The molecular formula is C29H26N4O2. The van der Waals surface area contributed by atoms with Crippen LogP contribution in [0.1, 0.15) is 27.2 Å². The molecule has 3 aromatic carbocycles. The zero-order valence-corrected chi connectivity index (χ0v) is 20.2. The Labute approximate surface area is 204 Å². The van der Waals surface area contributed by atoms with Gasteiger partial charge in [-0.1, -0.05) is 29.3 Å². The maximum Gasteiger partial charge on any atom is 0.256 e. The van der Waals surface area contributed by atoms with Gasteiger partial charge in [-0.25, -0.2) is 9.67 Å². The molecule has 0 saturated heterocycles. The van der Waals surface area contributed by atoms with Crippen LogP contribution in [-0.4, -0.2) is 27.8 Å². The van der Waals surface area contributed by atoms with E-state index in [0.29, 0.717) is 11.3 Å². The number of pyridine rings is 1. The Morgan fingerprint density at radius 1 is 0.886 bits per heavy atom. The molecule has 1 amide bonds. The molecule has 2 aromatic heterocycles. The molecule has 1 N–H and O–H groups in total.